The van der Waals surface area contributed by atoms with E-state index in [1.807, 2.05) is 0 Å². The predicted molar refractivity (Wildman–Crippen MR) is 67.2 cm³/mol. The van der Waals surface area contributed by atoms with Gasteiger partial charge >= 0.3 is 0 Å². The summed E-state index contributed by atoms with van der Waals surface area (Å²) in [5.74, 6) is -0.675. The second-order valence-electron chi connectivity index (χ2n) is 4.31. The molecule has 0 bridgehead atoms. The number of hydrogen-bond acceptors (Lipinski definition) is 4. The summed E-state index contributed by atoms with van der Waals surface area (Å²) in [6.07, 6.45) is 2.00. The van der Waals surface area contributed by atoms with Crippen molar-refractivity contribution < 1.29 is 14.0 Å². The maximum absolute atomic E-state index is 13.1. The van der Waals surface area contributed by atoms with E-state index in [2.05, 4.69) is 20.9 Å². The molecule has 19 heavy (non-hydrogen) atoms. The Hall–Kier alpha value is -2.18. The SMILES string of the molecule is CNc1ncc(F)cc1C(=O)NC1CCC(=O)NC1. The molecule has 1 aromatic heterocycles. The molecular weight excluding hydrogens is 251 g/mol. The Morgan fingerprint density at radius 2 is 2.37 bits per heavy atom. The Labute approximate surface area is 109 Å². The lowest BCUT2D eigenvalue weighted by Gasteiger charge is -2.23. The Morgan fingerprint density at radius 3 is 3.00 bits per heavy atom. The molecule has 2 rings (SSSR count). The predicted octanol–water partition coefficient (Wildman–Crippen LogP) is 0.271. The minimum Gasteiger partial charge on any atom is -0.372 e. The molecule has 1 aliphatic rings. The summed E-state index contributed by atoms with van der Waals surface area (Å²) in [6.45, 7) is 0.391. The van der Waals surface area contributed by atoms with Gasteiger partial charge < -0.3 is 16.0 Å². The Morgan fingerprint density at radius 1 is 1.58 bits per heavy atom. The van der Waals surface area contributed by atoms with E-state index >= 15 is 0 Å². The standard InChI is InChI=1S/C12H15FN4O2/c1-14-11-9(4-7(13)5-16-11)12(19)17-8-2-3-10(18)15-6-8/h4-5,8H,2-3,6H2,1H3,(H,14,16)(H,15,18)(H,17,19). The number of aromatic nitrogens is 1. The number of hydrogen-bond donors (Lipinski definition) is 3. The molecule has 102 valence electrons. The smallest absolute Gasteiger partial charge is 0.255 e. The van der Waals surface area contributed by atoms with Crippen molar-refractivity contribution in [2.24, 2.45) is 0 Å². The summed E-state index contributed by atoms with van der Waals surface area (Å²) in [5.41, 5.74) is 0.152. The van der Waals surface area contributed by atoms with Gasteiger partial charge in [-0.3, -0.25) is 9.59 Å². The number of anilines is 1. The van der Waals surface area contributed by atoms with Gasteiger partial charge in [0.1, 0.15) is 11.6 Å². The molecule has 0 spiro atoms. The molecule has 1 aromatic rings. The summed E-state index contributed by atoms with van der Waals surface area (Å²) in [4.78, 5) is 26.9. The van der Waals surface area contributed by atoms with Gasteiger partial charge in [0.25, 0.3) is 5.91 Å². The first-order chi connectivity index (χ1) is 9.10. The molecule has 1 atom stereocenters. The van der Waals surface area contributed by atoms with Gasteiger partial charge in [0, 0.05) is 26.1 Å². The highest BCUT2D eigenvalue weighted by atomic mass is 19.1. The topological polar surface area (TPSA) is 83.1 Å². The maximum atomic E-state index is 13.1. The third-order valence-electron chi connectivity index (χ3n) is 2.94. The third kappa shape index (κ3) is 3.18. The highest BCUT2D eigenvalue weighted by Crippen LogP contribution is 2.14. The van der Waals surface area contributed by atoms with Crippen molar-refractivity contribution in [3.63, 3.8) is 0 Å². The van der Waals surface area contributed by atoms with Crippen molar-refractivity contribution in [3.8, 4) is 0 Å². The van der Waals surface area contributed by atoms with E-state index in [-0.39, 0.29) is 17.5 Å². The number of pyridine rings is 1. The number of piperidine rings is 1. The van der Waals surface area contributed by atoms with Gasteiger partial charge in [-0.25, -0.2) is 9.37 Å². The molecule has 0 aromatic carbocycles. The molecule has 2 heterocycles. The van der Waals surface area contributed by atoms with E-state index in [0.29, 0.717) is 25.2 Å². The van der Waals surface area contributed by atoms with Gasteiger partial charge in [-0.05, 0) is 12.5 Å². The zero-order valence-electron chi connectivity index (χ0n) is 10.5. The number of carbonyl (C=O) groups is 2. The van der Waals surface area contributed by atoms with Crippen LogP contribution in [0.5, 0.6) is 0 Å². The van der Waals surface area contributed by atoms with E-state index in [4.69, 9.17) is 0 Å². The molecule has 0 radical (unpaired) electrons. The second kappa shape index (κ2) is 5.64. The Balaban J connectivity index is 2.07. The van der Waals surface area contributed by atoms with Gasteiger partial charge in [-0.15, -0.1) is 0 Å². The average molecular weight is 266 g/mol. The van der Waals surface area contributed by atoms with E-state index < -0.39 is 11.7 Å². The van der Waals surface area contributed by atoms with Crippen LogP contribution >= 0.6 is 0 Å². The summed E-state index contributed by atoms with van der Waals surface area (Å²) in [5, 5.41) is 8.17. The van der Waals surface area contributed by atoms with Crippen LogP contribution < -0.4 is 16.0 Å². The highest BCUT2D eigenvalue weighted by molar-refractivity contribution is 5.99. The van der Waals surface area contributed by atoms with Crippen molar-refractivity contribution in [2.75, 3.05) is 18.9 Å². The van der Waals surface area contributed by atoms with Crippen molar-refractivity contribution in [2.45, 2.75) is 18.9 Å². The number of halogens is 1. The van der Waals surface area contributed by atoms with Gasteiger partial charge in [0.05, 0.1) is 11.8 Å². The Bertz CT molecular complexity index is 497. The van der Waals surface area contributed by atoms with Crippen molar-refractivity contribution in [1.82, 2.24) is 15.6 Å². The molecule has 1 saturated heterocycles. The normalized spacial score (nSPS) is 18.6. The second-order valence-corrected chi connectivity index (χ2v) is 4.31. The van der Waals surface area contributed by atoms with Crippen molar-refractivity contribution in [1.29, 1.82) is 0 Å². The molecule has 1 aliphatic heterocycles. The zero-order chi connectivity index (χ0) is 13.8. The van der Waals surface area contributed by atoms with Crippen LogP contribution in [0.3, 0.4) is 0 Å². The fraction of sp³-hybridized carbons (Fsp3) is 0.417. The maximum Gasteiger partial charge on any atom is 0.255 e. The molecule has 0 saturated carbocycles. The number of nitrogens with zero attached hydrogens (tertiary/aromatic N) is 1. The van der Waals surface area contributed by atoms with Crippen LogP contribution in [0, 0.1) is 5.82 Å². The summed E-state index contributed by atoms with van der Waals surface area (Å²) in [6, 6.07) is 0.994. The summed E-state index contributed by atoms with van der Waals surface area (Å²) < 4.78 is 13.1. The molecular formula is C12H15FN4O2. The van der Waals surface area contributed by atoms with E-state index in [1.54, 1.807) is 7.05 Å². The molecule has 6 nitrogen and oxygen atoms in total. The molecule has 0 aliphatic carbocycles. The van der Waals surface area contributed by atoms with Crippen LogP contribution in [0.25, 0.3) is 0 Å². The molecule has 2 amide bonds. The minimum absolute atomic E-state index is 0.0196. The Kier molecular flexibility index (Phi) is 3.94. The lowest BCUT2D eigenvalue weighted by molar-refractivity contribution is -0.122. The first kappa shape index (κ1) is 13.3. The number of rotatable bonds is 3. The van der Waals surface area contributed by atoms with Crippen LogP contribution in [0.4, 0.5) is 10.2 Å². The minimum atomic E-state index is -0.568. The van der Waals surface area contributed by atoms with Gasteiger partial charge in [-0.2, -0.15) is 0 Å². The fourth-order valence-electron chi connectivity index (χ4n) is 1.93. The van der Waals surface area contributed by atoms with E-state index in [1.165, 1.54) is 0 Å². The van der Waals surface area contributed by atoms with Crippen LogP contribution in [0.1, 0.15) is 23.2 Å². The molecule has 3 N–H and O–H groups in total. The van der Waals surface area contributed by atoms with Crippen LogP contribution in [0.2, 0.25) is 0 Å². The zero-order valence-corrected chi connectivity index (χ0v) is 10.5. The fourth-order valence-corrected chi connectivity index (χ4v) is 1.93. The van der Waals surface area contributed by atoms with Gasteiger partial charge in [0.2, 0.25) is 5.91 Å². The number of nitrogens with one attached hydrogen (secondary N) is 3. The molecule has 1 fully saturated rings. The van der Waals surface area contributed by atoms with E-state index in [9.17, 15) is 14.0 Å². The van der Waals surface area contributed by atoms with Gasteiger partial charge in [0.15, 0.2) is 0 Å². The van der Waals surface area contributed by atoms with Crippen LogP contribution in [-0.4, -0.2) is 36.4 Å². The summed E-state index contributed by atoms with van der Waals surface area (Å²) >= 11 is 0. The monoisotopic (exact) mass is 266 g/mol. The lowest BCUT2D eigenvalue weighted by atomic mass is 10.1. The average Bonchev–Trinajstić information content (AvgIpc) is 2.41. The quantitative estimate of drug-likeness (QED) is 0.733. The van der Waals surface area contributed by atoms with Gasteiger partial charge in [-0.1, -0.05) is 0 Å². The third-order valence-corrected chi connectivity index (χ3v) is 2.94. The first-order valence-corrected chi connectivity index (χ1v) is 6.01. The van der Waals surface area contributed by atoms with Crippen molar-refractivity contribution in [3.05, 3.63) is 23.6 Å². The van der Waals surface area contributed by atoms with Crippen molar-refractivity contribution >= 4 is 17.6 Å². The number of carbonyl (C=O) groups excluding carboxylic acids is 2. The largest absolute Gasteiger partial charge is 0.372 e. The van der Waals surface area contributed by atoms with E-state index in [0.717, 1.165) is 12.3 Å². The number of amides is 2. The summed E-state index contributed by atoms with van der Waals surface area (Å²) in [7, 11) is 1.61. The first-order valence-electron chi connectivity index (χ1n) is 6.01. The lowest BCUT2D eigenvalue weighted by Crippen LogP contribution is -2.47. The molecule has 1 unspecified atom stereocenters. The molecule has 7 heteroatoms. The van der Waals surface area contributed by atoms with Crippen LogP contribution in [0.15, 0.2) is 12.3 Å². The van der Waals surface area contributed by atoms with Crippen LogP contribution in [-0.2, 0) is 4.79 Å². The highest BCUT2D eigenvalue weighted by Gasteiger charge is 2.21.